The smallest absolute Gasteiger partial charge is 0.257 e. The van der Waals surface area contributed by atoms with Crippen LogP contribution in [-0.2, 0) is 13.1 Å². The number of nitrogens with one attached hydrogen (secondary N) is 1. The van der Waals surface area contributed by atoms with Crippen molar-refractivity contribution >= 4 is 11.6 Å². The zero-order chi connectivity index (χ0) is 19.4. The number of rotatable bonds is 8. The maximum atomic E-state index is 12.7. The van der Waals surface area contributed by atoms with Crippen LogP contribution in [0.4, 0.5) is 0 Å². The number of nitrogens with zero attached hydrogens (tertiary/aromatic N) is 7. The van der Waals surface area contributed by atoms with Crippen molar-refractivity contribution in [2.75, 3.05) is 13.1 Å². The van der Waals surface area contributed by atoms with Crippen molar-refractivity contribution in [1.29, 1.82) is 0 Å². The molecule has 0 unspecified atom stereocenters. The fourth-order valence-corrected chi connectivity index (χ4v) is 3.05. The van der Waals surface area contributed by atoms with Gasteiger partial charge in [0, 0.05) is 31.0 Å². The molecule has 1 N–H and O–H groups in total. The Hall–Kier alpha value is -2.81. The molecule has 3 heterocycles. The van der Waals surface area contributed by atoms with Gasteiger partial charge in [-0.25, -0.2) is 19.2 Å². The van der Waals surface area contributed by atoms with E-state index in [9.17, 15) is 4.79 Å². The van der Waals surface area contributed by atoms with Crippen LogP contribution in [0.25, 0.3) is 5.65 Å². The molecule has 3 aromatic rings. The predicted octanol–water partition coefficient (Wildman–Crippen LogP) is 1.67. The van der Waals surface area contributed by atoms with Gasteiger partial charge in [0.25, 0.3) is 5.91 Å². The molecule has 1 atom stereocenters. The molecule has 0 saturated carbocycles. The fourth-order valence-electron chi connectivity index (χ4n) is 3.05. The van der Waals surface area contributed by atoms with Gasteiger partial charge in [0.05, 0.1) is 12.2 Å². The van der Waals surface area contributed by atoms with Crippen molar-refractivity contribution in [2.45, 2.75) is 46.8 Å². The summed E-state index contributed by atoms with van der Waals surface area (Å²) < 4.78 is 3.42. The van der Waals surface area contributed by atoms with E-state index in [0.29, 0.717) is 17.8 Å². The van der Waals surface area contributed by atoms with Crippen molar-refractivity contribution in [2.24, 2.45) is 0 Å². The summed E-state index contributed by atoms with van der Waals surface area (Å²) in [4.78, 5) is 23.7. The summed E-state index contributed by atoms with van der Waals surface area (Å²) >= 11 is 0. The third kappa shape index (κ3) is 3.97. The summed E-state index contributed by atoms with van der Waals surface area (Å²) in [6, 6.07) is -0.267. The summed E-state index contributed by atoms with van der Waals surface area (Å²) in [5.41, 5.74) is 2.05. The van der Waals surface area contributed by atoms with Crippen LogP contribution in [-0.4, -0.2) is 53.3 Å². The first-order chi connectivity index (χ1) is 13.1. The van der Waals surface area contributed by atoms with Crippen LogP contribution < -0.4 is 5.32 Å². The van der Waals surface area contributed by atoms with Gasteiger partial charge in [0.1, 0.15) is 17.7 Å². The maximum Gasteiger partial charge on any atom is 0.257 e. The first-order valence-corrected chi connectivity index (χ1v) is 9.30. The molecule has 0 aromatic carbocycles. The van der Waals surface area contributed by atoms with Gasteiger partial charge in [0.15, 0.2) is 5.65 Å². The average molecular weight is 370 g/mol. The Morgan fingerprint density at radius 1 is 1.19 bits per heavy atom. The fraction of sp³-hybridized carbons (Fsp3) is 0.500. The third-order valence-electron chi connectivity index (χ3n) is 4.64. The average Bonchev–Trinajstić information content (AvgIpc) is 3.32. The number of aromatic nitrogens is 6. The highest BCUT2D eigenvalue weighted by Gasteiger charge is 2.19. The Bertz CT molecular complexity index is 911. The Morgan fingerprint density at radius 3 is 2.67 bits per heavy atom. The molecular formula is C18H26N8O. The van der Waals surface area contributed by atoms with Crippen LogP contribution in [0.5, 0.6) is 0 Å². The molecule has 9 heteroatoms. The first-order valence-electron chi connectivity index (χ1n) is 9.30. The lowest BCUT2D eigenvalue weighted by Gasteiger charge is -2.17. The van der Waals surface area contributed by atoms with E-state index in [0.717, 1.165) is 31.0 Å². The van der Waals surface area contributed by atoms with E-state index in [-0.39, 0.29) is 11.9 Å². The number of amides is 1. The number of hydrogen-bond donors (Lipinski definition) is 1. The molecule has 3 rings (SSSR count). The van der Waals surface area contributed by atoms with Gasteiger partial charge in [-0.05, 0) is 26.9 Å². The third-order valence-corrected chi connectivity index (χ3v) is 4.64. The van der Waals surface area contributed by atoms with Crippen molar-refractivity contribution in [3.05, 3.63) is 41.9 Å². The lowest BCUT2D eigenvalue weighted by Crippen LogP contribution is -2.29. The van der Waals surface area contributed by atoms with E-state index in [1.54, 1.807) is 15.4 Å². The SMILES string of the molecule is CCN(CC)Cc1cnc2c(C(=O)N[C@H](C)c3ncnn3CC)cnn2c1. The normalized spacial score (nSPS) is 12.6. The molecule has 1 amide bonds. The Balaban J connectivity index is 1.77. The van der Waals surface area contributed by atoms with Crippen molar-refractivity contribution in [3.63, 3.8) is 0 Å². The monoisotopic (exact) mass is 370 g/mol. The van der Waals surface area contributed by atoms with Crippen LogP contribution in [0, 0.1) is 0 Å². The standard InChI is InChI=1S/C18H26N8O/c1-5-24(6-2)10-14-8-19-17-15(9-21-26(17)11-14)18(27)23-13(4)16-20-12-22-25(16)7-3/h8-9,11-13H,5-7,10H2,1-4H3,(H,23,27)/t13-/m1/s1. The van der Waals surface area contributed by atoms with Crippen LogP contribution in [0.1, 0.15) is 55.5 Å². The van der Waals surface area contributed by atoms with Crippen LogP contribution in [0.3, 0.4) is 0 Å². The largest absolute Gasteiger partial charge is 0.342 e. The van der Waals surface area contributed by atoms with E-state index in [1.165, 1.54) is 6.33 Å². The van der Waals surface area contributed by atoms with Gasteiger partial charge < -0.3 is 5.32 Å². The van der Waals surface area contributed by atoms with Gasteiger partial charge in [0.2, 0.25) is 0 Å². The molecule has 0 spiro atoms. The second-order valence-electron chi connectivity index (χ2n) is 6.38. The quantitative estimate of drug-likeness (QED) is 0.648. The molecule has 0 aliphatic rings. The summed E-state index contributed by atoms with van der Waals surface area (Å²) in [5, 5.41) is 11.4. The highest BCUT2D eigenvalue weighted by Crippen LogP contribution is 2.14. The minimum absolute atomic E-state index is 0.229. The second-order valence-corrected chi connectivity index (χ2v) is 6.38. The Labute approximate surface area is 158 Å². The zero-order valence-electron chi connectivity index (χ0n) is 16.3. The second kappa shape index (κ2) is 8.26. The minimum Gasteiger partial charge on any atom is -0.342 e. The van der Waals surface area contributed by atoms with Gasteiger partial charge in [-0.15, -0.1) is 0 Å². The molecule has 27 heavy (non-hydrogen) atoms. The van der Waals surface area contributed by atoms with Gasteiger partial charge in [-0.2, -0.15) is 10.2 Å². The van der Waals surface area contributed by atoms with E-state index < -0.39 is 0 Å². The Kier molecular flexibility index (Phi) is 5.80. The number of carbonyl (C=O) groups excluding carboxylic acids is 1. The number of aryl methyl sites for hydroxylation is 1. The van der Waals surface area contributed by atoms with Crippen molar-refractivity contribution in [3.8, 4) is 0 Å². The molecule has 3 aromatic heterocycles. The number of hydrogen-bond acceptors (Lipinski definition) is 6. The first kappa shape index (κ1) is 19.0. The maximum absolute atomic E-state index is 12.7. The van der Waals surface area contributed by atoms with Crippen LogP contribution in [0.15, 0.2) is 24.9 Å². The van der Waals surface area contributed by atoms with Gasteiger partial charge in [-0.3, -0.25) is 9.69 Å². The lowest BCUT2D eigenvalue weighted by atomic mass is 10.2. The molecular weight excluding hydrogens is 344 g/mol. The molecule has 9 nitrogen and oxygen atoms in total. The highest BCUT2D eigenvalue weighted by molar-refractivity contribution is 5.99. The van der Waals surface area contributed by atoms with Crippen LogP contribution >= 0.6 is 0 Å². The van der Waals surface area contributed by atoms with E-state index in [4.69, 9.17) is 0 Å². The molecule has 144 valence electrons. The summed E-state index contributed by atoms with van der Waals surface area (Å²) in [7, 11) is 0. The molecule has 0 saturated heterocycles. The number of fused-ring (bicyclic) bond motifs is 1. The summed E-state index contributed by atoms with van der Waals surface area (Å²) in [5.74, 6) is 0.490. The van der Waals surface area contributed by atoms with Crippen molar-refractivity contribution in [1.82, 2.24) is 39.6 Å². The number of carbonyl (C=O) groups is 1. The zero-order valence-corrected chi connectivity index (χ0v) is 16.3. The highest BCUT2D eigenvalue weighted by atomic mass is 16.1. The topological polar surface area (TPSA) is 93.2 Å². The van der Waals surface area contributed by atoms with E-state index >= 15 is 0 Å². The molecule has 0 fully saturated rings. The van der Waals surface area contributed by atoms with E-state index in [2.05, 4.69) is 44.2 Å². The van der Waals surface area contributed by atoms with E-state index in [1.807, 2.05) is 26.2 Å². The predicted molar refractivity (Wildman–Crippen MR) is 101 cm³/mol. The van der Waals surface area contributed by atoms with Crippen LogP contribution in [0.2, 0.25) is 0 Å². The minimum atomic E-state index is -0.267. The van der Waals surface area contributed by atoms with Gasteiger partial charge >= 0.3 is 0 Å². The Morgan fingerprint density at radius 2 is 1.96 bits per heavy atom. The summed E-state index contributed by atoms with van der Waals surface area (Å²) in [6.07, 6.45) is 6.78. The lowest BCUT2D eigenvalue weighted by molar-refractivity contribution is 0.0939. The molecule has 0 bridgehead atoms. The van der Waals surface area contributed by atoms with Gasteiger partial charge in [-0.1, -0.05) is 13.8 Å². The molecule has 0 aliphatic heterocycles. The molecule has 0 aliphatic carbocycles. The summed E-state index contributed by atoms with van der Waals surface area (Å²) in [6.45, 7) is 11.6. The molecule has 0 radical (unpaired) electrons. The van der Waals surface area contributed by atoms with Crippen molar-refractivity contribution < 1.29 is 4.79 Å².